The van der Waals surface area contributed by atoms with Crippen LogP contribution in [0.4, 0.5) is 0 Å². The van der Waals surface area contributed by atoms with E-state index in [4.69, 9.17) is 0 Å². The molecule has 0 radical (unpaired) electrons. The van der Waals surface area contributed by atoms with Crippen LogP contribution in [-0.4, -0.2) is 11.5 Å². The molecule has 0 spiro atoms. The van der Waals surface area contributed by atoms with Crippen LogP contribution >= 0.6 is 0 Å². The summed E-state index contributed by atoms with van der Waals surface area (Å²) in [6, 6.07) is 4.75. The van der Waals surface area contributed by atoms with Crippen molar-refractivity contribution < 1.29 is 0 Å². The minimum absolute atomic E-state index is 0.497. The molecule has 1 aliphatic carbocycles. The summed E-state index contributed by atoms with van der Waals surface area (Å²) >= 11 is 0. The highest BCUT2D eigenvalue weighted by Gasteiger charge is 2.27. The molecule has 2 rings (SSSR count). The molecule has 3 atom stereocenters. The van der Waals surface area contributed by atoms with E-state index in [2.05, 4.69) is 30.2 Å². The molecular formula is C15H24N2. The van der Waals surface area contributed by atoms with Gasteiger partial charge in [-0.1, -0.05) is 32.8 Å². The lowest BCUT2D eigenvalue weighted by Crippen LogP contribution is -2.31. The van der Waals surface area contributed by atoms with E-state index in [1.165, 1.54) is 31.2 Å². The van der Waals surface area contributed by atoms with Crippen LogP contribution in [-0.2, 0) is 0 Å². The van der Waals surface area contributed by atoms with Gasteiger partial charge in [0.1, 0.15) is 0 Å². The van der Waals surface area contributed by atoms with Gasteiger partial charge in [-0.15, -0.1) is 0 Å². The average Bonchev–Trinajstić information content (AvgIpc) is 2.37. The van der Waals surface area contributed by atoms with E-state index in [-0.39, 0.29) is 0 Å². The lowest BCUT2D eigenvalue weighted by atomic mass is 9.77. The van der Waals surface area contributed by atoms with E-state index in [1.54, 1.807) is 0 Å². The standard InChI is InChI=1S/C15H24N2/c1-3-17-15(14-8-5-9-16-11-14)13-7-4-6-12(2)10-13/h5,8-9,11-13,15,17H,3-4,6-7,10H2,1-2H3. The molecule has 1 fully saturated rings. The molecule has 1 aromatic rings. The zero-order valence-corrected chi connectivity index (χ0v) is 11.0. The quantitative estimate of drug-likeness (QED) is 0.858. The SMILES string of the molecule is CCNC(c1cccnc1)C1CCCC(C)C1. The molecule has 1 N–H and O–H groups in total. The molecule has 1 saturated carbocycles. The summed E-state index contributed by atoms with van der Waals surface area (Å²) in [6.45, 7) is 5.61. The summed E-state index contributed by atoms with van der Waals surface area (Å²) in [5, 5.41) is 3.65. The first-order chi connectivity index (χ1) is 8.31. The van der Waals surface area contributed by atoms with Crippen molar-refractivity contribution in [2.75, 3.05) is 6.54 Å². The zero-order chi connectivity index (χ0) is 12.1. The minimum atomic E-state index is 0.497. The molecule has 17 heavy (non-hydrogen) atoms. The van der Waals surface area contributed by atoms with Gasteiger partial charge in [-0.05, 0) is 42.9 Å². The van der Waals surface area contributed by atoms with Crippen molar-refractivity contribution >= 4 is 0 Å². The van der Waals surface area contributed by atoms with Gasteiger partial charge in [-0.3, -0.25) is 4.98 Å². The lowest BCUT2D eigenvalue weighted by Gasteiger charge is -2.34. The van der Waals surface area contributed by atoms with Crippen molar-refractivity contribution in [3.63, 3.8) is 0 Å². The van der Waals surface area contributed by atoms with Crippen molar-refractivity contribution in [2.24, 2.45) is 11.8 Å². The lowest BCUT2D eigenvalue weighted by molar-refractivity contribution is 0.225. The molecule has 3 unspecified atom stereocenters. The Labute approximate surface area is 105 Å². The first-order valence-corrected chi connectivity index (χ1v) is 6.94. The Balaban J connectivity index is 2.11. The van der Waals surface area contributed by atoms with Gasteiger partial charge in [0, 0.05) is 18.4 Å². The smallest absolute Gasteiger partial charge is 0.0363 e. The van der Waals surface area contributed by atoms with Crippen molar-refractivity contribution in [3.8, 4) is 0 Å². The average molecular weight is 232 g/mol. The Hall–Kier alpha value is -0.890. The number of nitrogens with zero attached hydrogens (tertiary/aromatic N) is 1. The normalized spacial score (nSPS) is 26.7. The number of aromatic nitrogens is 1. The van der Waals surface area contributed by atoms with Crippen LogP contribution in [0.2, 0.25) is 0 Å². The summed E-state index contributed by atoms with van der Waals surface area (Å²) < 4.78 is 0. The van der Waals surface area contributed by atoms with E-state index >= 15 is 0 Å². The fraction of sp³-hybridized carbons (Fsp3) is 0.667. The van der Waals surface area contributed by atoms with E-state index in [0.29, 0.717) is 6.04 Å². The maximum absolute atomic E-state index is 4.26. The van der Waals surface area contributed by atoms with Crippen LogP contribution in [0.25, 0.3) is 0 Å². The minimum Gasteiger partial charge on any atom is -0.310 e. The van der Waals surface area contributed by atoms with Gasteiger partial charge in [0.05, 0.1) is 0 Å². The third-order valence-electron chi connectivity index (χ3n) is 3.92. The maximum atomic E-state index is 4.26. The van der Waals surface area contributed by atoms with Crippen LogP contribution < -0.4 is 5.32 Å². The van der Waals surface area contributed by atoms with Crippen molar-refractivity contribution in [1.82, 2.24) is 10.3 Å². The van der Waals surface area contributed by atoms with Crippen molar-refractivity contribution in [2.45, 2.75) is 45.6 Å². The van der Waals surface area contributed by atoms with Crippen LogP contribution in [0, 0.1) is 11.8 Å². The van der Waals surface area contributed by atoms with Gasteiger partial charge in [0.25, 0.3) is 0 Å². The molecule has 2 nitrogen and oxygen atoms in total. The van der Waals surface area contributed by atoms with E-state index in [1.807, 2.05) is 18.5 Å². The third-order valence-corrected chi connectivity index (χ3v) is 3.92. The Kier molecular flexibility index (Phi) is 4.55. The molecule has 2 heteroatoms. The third kappa shape index (κ3) is 3.29. The Bertz CT molecular complexity index is 323. The first kappa shape index (κ1) is 12.6. The highest BCUT2D eigenvalue weighted by molar-refractivity contribution is 5.15. The van der Waals surface area contributed by atoms with E-state index in [9.17, 15) is 0 Å². The second-order valence-electron chi connectivity index (χ2n) is 5.35. The van der Waals surface area contributed by atoms with Crippen molar-refractivity contribution in [1.29, 1.82) is 0 Å². The fourth-order valence-electron chi connectivity index (χ4n) is 3.12. The summed E-state index contributed by atoms with van der Waals surface area (Å²) in [6.07, 6.45) is 9.38. The zero-order valence-electron chi connectivity index (χ0n) is 11.0. The van der Waals surface area contributed by atoms with Crippen LogP contribution in [0.3, 0.4) is 0 Å². The largest absolute Gasteiger partial charge is 0.310 e. The van der Waals surface area contributed by atoms with Gasteiger partial charge >= 0.3 is 0 Å². The number of hydrogen-bond donors (Lipinski definition) is 1. The van der Waals surface area contributed by atoms with Gasteiger partial charge in [0.15, 0.2) is 0 Å². The molecule has 0 aromatic carbocycles. The Morgan fingerprint density at radius 2 is 2.35 bits per heavy atom. The first-order valence-electron chi connectivity index (χ1n) is 6.94. The summed E-state index contributed by atoms with van der Waals surface area (Å²) in [5.74, 6) is 1.66. The molecular weight excluding hydrogens is 208 g/mol. The maximum Gasteiger partial charge on any atom is 0.0363 e. The monoisotopic (exact) mass is 232 g/mol. The van der Waals surface area contributed by atoms with Gasteiger partial charge < -0.3 is 5.32 Å². The molecule has 0 aliphatic heterocycles. The molecule has 1 aromatic heterocycles. The second-order valence-corrected chi connectivity index (χ2v) is 5.35. The number of pyridine rings is 1. The molecule has 0 amide bonds. The number of hydrogen-bond acceptors (Lipinski definition) is 2. The Morgan fingerprint density at radius 3 is 3.00 bits per heavy atom. The predicted octanol–water partition coefficient (Wildman–Crippen LogP) is 3.56. The highest BCUT2D eigenvalue weighted by Crippen LogP contribution is 2.36. The molecule has 0 saturated heterocycles. The van der Waals surface area contributed by atoms with Gasteiger partial charge in [-0.25, -0.2) is 0 Å². The second kappa shape index (κ2) is 6.15. The molecule has 1 aliphatic rings. The fourth-order valence-corrected chi connectivity index (χ4v) is 3.12. The van der Waals surface area contributed by atoms with Crippen molar-refractivity contribution in [3.05, 3.63) is 30.1 Å². The van der Waals surface area contributed by atoms with Gasteiger partial charge in [-0.2, -0.15) is 0 Å². The Morgan fingerprint density at radius 1 is 1.47 bits per heavy atom. The van der Waals surface area contributed by atoms with E-state index < -0.39 is 0 Å². The summed E-state index contributed by atoms with van der Waals surface area (Å²) in [5.41, 5.74) is 1.36. The summed E-state index contributed by atoms with van der Waals surface area (Å²) in [7, 11) is 0. The number of rotatable bonds is 4. The molecule has 0 bridgehead atoms. The predicted molar refractivity (Wildman–Crippen MR) is 71.8 cm³/mol. The molecule has 94 valence electrons. The van der Waals surface area contributed by atoms with Crippen LogP contribution in [0.1, 0.15) is 51.1 Å². The van der Waals surface area contributed by atoms with E-state index in [0.717, 1.165) is 18.4 Å². The topological polar surface area (TPSA) is 24.9 Å². The van der Waals surface area contributed by atoms with Gasteiger partial charge in [0.2, 0.25) is 0 Å². The van der Waals surface area contributed by atoms with Crippen LogP contribution in [0.15, 0.2) is 24.5 Å². The highest BCUT2D eigenvalue weighted by atomic mass is 14.9. The van der Waals surface area contributed by atoms with Crippen LogP contribution in [0.5, 0.6) is 0 Å². The summed E-state index contributed by atoms with van der Waals surface area (Å²) in [4.78, 5) is 4.26. The number of nitrogens with one attached hydrogen (secondary N) is 1. The molecule has 1 heterocycles.